The van der Waals surface area contributed by atoms with Gasteiger partial charge in [-0.1, -0.05) is 24.6 Å². The lowest BCUT2D eigenvalue weighted by Crippen LogP contribution is -2.57. The maximum absolute atomic E-state index is 13.2. The van der Waals surface area contributed by atoms with Crippen molar-refractivity contribution in [1.82, 2.24) is 0 Å². The second kappa shape index (κ2) is 11.1. The van der Waals surface area contributed by atoms with Crippen LogP contribution >= 0.6 is 0 Å². The number of hydrogen-bond acceptors (Lipinski definition) is 5. The van der Waals surface area contributed by atoms with Crippen LogP contribution in [0.1, 0.15) is 77.2 Å². The standard InChI is InChI=1S/C30H37NO4.3H2O/c1-18(32)30(35-19(2)33)15-14-27-25-12-8-21-16-23(34)11-13-24(21)28(25)26(17-29(27,30)3)20-6-9-22(10-7-20)31(4)5;;;/h6-7,9-10,16,25-27H,8,11-15,17H2,1-5H3;3*1H2/t25-,26+,27-,29-,30+;;;/m1.../s1. The first-order chi connectivity index (χ1) is 16.6. The Morgan fingerprint density at radius 2 is 1.63 bits per heavy atom. The van der Waals surface area contributed by atoms with Crippen molar-refractivity contribution in [1.29, 1.82) is 0 Å². The van der Waals surface area contributed by atoms with E-state index in [2.05, 4.69) is 36.1 Å². The maximum Gasteiger partial charge on any atom is 0.303 e. The number of rotatable bonds is 4. The number of ketones is 2. The Hall–Kier alpha value is -2.81. The van der Waals surface area contributed by atoms with Crippen molar-refractivity contribution in [3.63, 3.8) is 0 Å². The van der Waals surface area contributed by atoms with Crippen molar-refractivity contribution in [2.24, 2.45) is 17.3 Å². The van der Waals surface area contributed by atoms with Crippen LogP contribution < -0.4 is 4.90 Å². The smallest absolute Gasteiger partial charge is 0.303 e. The lowest BCUT2D eigenvalue weighted by molar-refractivity contribution is -0.182. The summed E-state index contributed by atoms with van der Waals surface area (Å²) < 4.78 is 6.00. The van der Waals surface area contributed by atoms with Crippen LogP contribution in [-0.2, 0) is 19.1 Å². The molecule has 5 atom stereocenters. The van der Waals surface area contributed by atoms with Crippen LogP contribution in [-0.4, -0.2) is 53.7 Å². The van der Waals surface area contributed by atoms with Crippen LogP contribution in [0.25, 0.3) is 0 Å². The fraction of sp³-hybridized carbons (Fsp3) is 0.567. The van der Waals surface area contributed by atoms with E-state index in [1.54, 1.807) is 6.92 Å². The van der Waals surface area contributed by atoms with Gasteiger partial charge in [0.2, 0.25) is 0 Å². The molecule has 0 saturated heterocycles. The number of esters is 1. The van der Waals surface area contributed by atoms with Gasteiger partial charge in [-0.05, 0) is 92.2 Å². The fourth-order valence-corrected chi connectivity index (χ4v) is 8.02. The lowest BCUT2D eigenvalue weighted by atomic mass is 9.50. The molecule has 210 valence electrons. The molecule has 1 aromatic rings. The molecular weight excluding hydrogens is 486 g/mol. The summed E-state index contributed by atoms with van der Waals surface area (Å²) in [6, 6.07) is 8.76. The first-order valence-corrected chi connectivity index (χ1v) is 13.0. The average Bonchev–Trinajstić information content (AvgIpc) is 3.10. The van der Waals surface area contributed by atoms with Gasteiger partial charge in [0.1, 0.15) is 0 Å². The summed E-state index contributed by atoms with van der Waals surface area (Å²) in [6.45, 7) is 5.22. The van der Waals surface area contributed by atoms with E-state index in [9.17, 15) is 14.4 Å². The average molecular weight is 530 g/mol. The largest absolute Gasteiger partial charge is 0.451 e. The highest BCUT2D eigenvalue weighted by atomic mass is 16.6. The first kappa shape index (κ1) is 31.4. The Labute approximate surface area is 225 Å². The highest BCUT2D eigenvalue weighted by Crippen LogP contribution is 2.67. The minimum Gasteiger partial charge on any atom is -0.451 e. The SMILES string of the molecule is CC(=O)O[C@]1(C(C)=O)CC[C@@H]2[C@H]3CCC4=CC(=O)CCC4=C3[C@H](c3ccc(N(C)C)cc3)C[C@]21C.O.O.O. The van der Waals surface area contributed by atoms with Gasteiger partial charge in [0.25, 0.3) is 0 Å². The number of nitrogens with zero attached hydrogens (tertiary/aromatic N) is 1. The molecule has 0 aliphatic heterocycles. The van der Waals surface area contributed by atoms with Crippen LogP contribution in [0.2, 0.25) is 0 Å². The molecule has 5 rings (SSSR count). The van der Waals surface area contributed by atoms with Crippen molar-refractivity contribution < 1.29 is 35.5 Å². The van der Waals surface area contributed by atoms with Crippen LogP contribution in [0.3, 0.4) is 0 Å². The Balaban J connectivity index is 0.00000169. The molecule has 6 N–H and O–H groups in total. The van der Waals surface area contributed by atoms with Gasteiger partial charge in [-0.25, -0.2) is 0 Å². The molecule has 0 spiro atoms. The summed E-state index contributed by atoms with van der Waals surface area (Å²) >= 11 is 0. The monoisotopic (exact) mass is 529 g/mol. The van der Waals surface area contributed by atoms with Crippen LogP contribution in [0.15, 0.2) is 47.1 Å². The van der Waals surface area contributed by atoms with Gasteiger partial charge in [0.05, 0.1) is 0 Å². The van der Waals surface area contributed by atoms with E-state index in [1.807, 2.05) is 20.2 Å². The fourth-order valence-electron chi connectivity index (χ4n) is 8.02. The molecule has 4 aliphatic rings. The molecule has 0 aromatic heterocycles. The number of anilines is 1. The maximum atomic E-state index is 13.2. The third-order valence-electron chi connectivity index (χ3n) is 9.55. The topological polar surface area (TPSA) is 158 Å². The van der Waals surface area contributed by atoms with Crippen molar-refractivity contribution >= 4 is 23.2 Å². The van der Waals surface area contributed by atoms with Gasteiger partial charge in [-0.15, -0.1) is 0 Å². The van der Waals surface area contributed by atoms with Gasteiger partial charge in [0.15, 0.2) is 17.2 Å². The number of allylic oxidation sites excluding steroid dienone is 4. The quantitative estimate of drug-likeness (QED) is 0.547. The Morgan fingerprint density at radius 1 is 0.974 bits per heavy atom. The summed E-state index contributed by atoms with van der Waals surface area (Å²) in [5.74, 6) is 0.584. The van der Waals surface area contributed by atoms with E-state index in [-0.39, 0.29) is 45.8 Å². The summed E-state index contributed by atoms with van der Waals surface area (Å²) in [6.07, 6.45) is 7.41. The molecule has 0 heterocycles. The molecule has 8 heteroatoms. The minimum absolute atomic E-state index is 0. The molecule has 2 saturated carbocycles. The normalized spacial score (nSPS) is 31.2. The molecule has 0 amide bonds. The van der Waals surface area contributed by atoms with Crippen LogP contribution in [0.4, 0.5) is 5.69 Å². The molecule has 1 aromatic carbocycles. The second-order valence-electron chi connectivity index (χ2n) is 11.5. The van der Waals surface area contributed by atoms with Crippen molar-refractivity contribution in [2.45, 2.75) is 77.2 Å². The third-order valence-corrected chi connectivity index (χ3v) is 9.55. The number of carbonyl (C=O) groups is 3. The van der Waals surface area contributed by atoms with Crippen LogP contribution in [0.5, 0.6) is 0 Å². The molecule has 38 heavy (non-hydrogen) atoms. The van der Waals surface area contributed by atoms with Crippen LogP contribution in [0, 0.1) is 17.3 Å². The number of hydrogen-bond donors (Lipinski definition) is 0. The molecule has 8 nitrogen and oxygen atoms in total. The number of benzene rings is 1. The number of carbonyl (C=O) groups excluding carboxylic acids is 3. The van der Waals surface area contributed by atoms with E-state index in [4.69, 9.17) is 4.74 Å². The van der Waals surface area contributed by atoms with Crippen molar-refractivity contribution in [3.8, 4) is 0 Å². The molecule has 4 aliphatic carbocycles. The molecule has 0 unspecified atom stereocenters. The Kier molecular flexibility index (Phi) is 9.19. The van der Waals surface area contributed by atoms with E-state index >= 15 is 0 Å². The first-order valence-electron chi connectivity index (χ1n) is 13.0. The van der Waals surface area contributed by atoms with E-state index in [0.29, 0.717) is 18.8 Å². The summed E-state index contributed by atoms with van der Waals surface area (Å²) in [5, 5.41) is 0. The van der Waals surface area contributed by atoms with Gasteiger partial charge >= 0.3 is 5.97 Å². The number of Topliss-reactive ketones (excluding diaryl/α,β-unsaturated/α-hetero) is 1. The minimum atomic E-state index is -1.07. The van der Waals surface area contributed by atoms with Gasteiger partial charge < -0.3 is 26.1 Å². The summed E-state index contributed by atoms with van der Waals surface area (Å²) in [7, 11) is 4.08. The third kappa shape index (κ3) is 4.63. The van der Waals surface area contributed by atoms with E-state index in [0.717, 1.165) is 37.8 Å². The molecule has 2 fully saturated rings. The van der Waals surface area contributed by atoms with Gasteiger partial charge in [-0.3, -0.25) is 14.4 Å². The Bertz CT molecular complexity index is 1150. The van der Waals surface area contributed by atoms with Gasteiger partial charge in [0, 0.05) is 44.5 Å². The zero-order valence-corrected chi connectivity index (χ0v) is 23.1. The summed E-state index contributed by atoms with van der Waals surface area (Å²) in [4.78, 5) is 39.8. The number of ether oxygens (including phenoxy) is 1. The van der Waals surface area contributed by atoms with Crippen molar-refractivity contribution in [2.75, 3.05) is 19.0 Å². The Morgan fingerprint density at radius 3 is 2.21 bits per heavy atom. The predicted molar refractivity (Wildman–Crippen MR) is 147 cm³/mol. The molecule has 0 radical (unpaired) electrons. The summed E-state index contributed by atoms with van der Waals surface area (Å²) in [5.41, 5.74) is 4.98. The van der Waals surface area contributed by atoms with E-state index in [1.165, 1.54) is 29.2 Å². The zero-order valence-electron chi connectivity index (χ0n) is 23.1. The predicted octanol–water partition coefficient (Wildman–Crippen LogP) is 3.07. The zero-order chi connectivity index (χ0) is 25.1. The van der Waals surface area contributed by atoms with Gasteiger partial charge in [-0.2, -0.15) is 0 Å². The van der Waals surface area contributed by atoms with Crippen molar-refractivity contribution in [3.05, 3.63) is 52.6 Å². The molecular formula is C30H43NO7. The molecule has 0 bridgehead atoms. The van der Waals surface area contributed by atoms with E-state index < -0.39 is 11.0 Å². The highest BCUT2D eigenvalue weighted by Gasteiger charge is 2.67. The highest BCUT2D eigenvalue weighted by molar-refractivity contribution is 5.93. The second-order valence-corrected chi connectivity index (χ2v) is 11.5. The lowest BCUT2D eigenvalue weighted by Gasteiger charge is -2.55. The number of fused-ring (bicyclic) bond motifs is 4.